The summed E-state index contributed by atoms with van der Waals surface area (Å²) in [6.07, 6.45) is 3.79. The molecule has 1 atom stereocenters. The van der Waals surface area contributed by atoms with E-state index in [1.165, 1.54) is 17.1 Å². The number of hydrogen-bond acceptors (Lipinski definition) is 8. The molecule has 2 bridgehead atoms. The van der Waals surface area contributed by atoms with Gasteiger partial charge in [-0.05, 0) is 36.2 Å². The lowest BCUT2D eigenvalue weighted by Crippen LogP contribution is -2.50. The van der Waals surface area contributed by atoms with Crippen LogP contribution in [0, 0.1) is 0 Å². The Morgan fingerprint density at radius 1 is 0.867 bits per heavy atom. The van der Waals surface area contributed by atoms with E-state index in [4.69, 9.17) is 0 Å². The molecule has 2 aromatic carbocycles. The minimum absolute atomic E-state index is 0.114. The second-order valence-electron chi connectivity index (χ2n) is 10.5. The topological polar surface area (TPSA) is 163 Å². The molecule has 0 fully saturated rings. The number of fused-ring (bicyclic) bond motifs is 2. The first-order chi connectivity index (χ1) is 22.0. The first-order valence-corrected chi connectivity index (χ1v) is 14.8. The summed E-state index contributed by atoms with van der Waals surface area (Å²) in [6, 6.07) is 21.0. The number of nitrogens with zero attached hydrogens (tertiary/aromatic N) is 5. The molecule has 0 aliphatic carbocycles. The van der Waals surface area contributed by atoms with Crippen LogP contribution in [0.25, 0.3) is 5.69 Å². The predicted molar refractivity (Wildman–Crippen MR) is 167 cm³/mol. The van der Waals surface area contributed by atoms with E-state index in [1.807, 2.05) is 60.7 Å². The molecule has 4 aromatic rings. The van der Waals surface area contributed by atoms with Gasteiger partial charge in [0.1, 0.15) is 11.7 Å². The van der Waals surface area contributed by atoms with Crippen LogP contribution in [0.1, 0.15) is 39.4 Å². The van der Waals surface area contributed by atoms with Gasteiger partial charge in [0.05, 0.1) is 11.9 Å². The molecule has 0 radical (unpaired) electrons. The average molecular weight is 610 g/mol. The summed E-state index contributed by atoms with van der Waals surface area (Å²) in [5.41, 5.74) is 2.61. The second-order valence-corrected chi connectivity index (χ2v) is 10.5. The van der Waals surface area contributed by atoms with Crippen molar-refractivity contribution in [2.45, 2.75) is 25.3 Å². The molecule has 1 aliphatic heterocycles. The van der Waals surface area contributed by atoms with Gasteiger partial charge in [-0.2, -0.15) is 0 Å². The van der Waals surface area contributed by atoms with Gasteiger partial charge < -0.3 is 26.2 Å². The first kappa shape index (κ1) is 30.9. The Hall–Kier alpha value is -5.59. The van der Waals surface area contributed by atoms with E-state index < -0.39 is 17.9 Å². The Balaban J connectivity index is 1.36. The zero-order chi connectivity index (χ0) is 31.4. The van der Waals surface area contributed by atoms with E-state index in [2.05, 4.69) is 36.6 Å². The van der Waals surface area contributed by atoms with Gasteiger partial charge in [-0.25, -0.2) is 4.68 Å². The highest BCUT2D eigenvalue weighted by atomic mass is 16.2. The first-order valence-electron chi connectivity index (χ1n) is 14.8. The summed E-state index contributed by atoms with van der Waals surface area (Å²) in [5, 5.41) is 19.8. The van der Waals surface area contributed by atoms with Crippen LogP contribution < -0.4 is 21.3 Å². The maximum atomic E-state index is 13.8. The molecule has 13 heteroatoms. The summed E-state index contributed by atoms with van der Waals surface area (Å²) in [5.74, 6) is -1.39. The zero-order valence-electron chi connectivity index (χ0n) is 24.7. The number of benzene rings is 2. The van der Waals surface area contributed by atoms with Crippen LogP contribution in [-0.2, 0) is 16.0 Å². The van der Waals surface area contributed by atoms with Crippen LogP contribution >= 0.6 is 0 Å². The fourth-order valence-electron chi connectivity index (χ4n) is 4.94. The molecule has 4 amide bonds. The monoisotopic (exact) mass is 609 g/mol. The van der Waals surface area contributed by atoms with Gasteiger partial charge in [0.15, 0.2) is 5.69 Å². The molecule has 3 heterocycles. The molecule has 5 rings (SSSR count). The summed E-state index contributed by atoms with van der Waals surface area (Å²) in [7, 11) is 0. The SMILES string of the molecule is O=C1CCCN(C(=O)c2cnnn2-c2ccccc2)CCNC(=O)[C@H](Cc2ccccc2)NC(=O)c2cc(ccn2)NCCN1. The van der Waals surface area contributed by atoms with Crippen LogP contribution in [0.15, 0.2) is 85.2 Å². The summed E-state index contributed by atoms with van der Waals surface area (Å²) < 4.78 is 1.46. The number of nitrogens with one attached hydrogen (secondary N) is 4. The maximum Gasteiger partial charge on any atom is 0.274 e. The molecule has 0 saturated heterocycles. The number of anilines is 1. The minimum Gasteiger partial charge on any atom is -0.383 e. The number of para-hydroxylation sites is 1. The van der Waals surface area contributed by atoms with E-state index >= 15 is 0 Å². The number of hydrogen-bond donors (Lipinski definition) is 4. The van der Waals surface area contributed by atoms with Crippen LogP contribution in [0.4, 0.5) is 5.69 Å². The molecule has 4 N–H and O–H groups in total. The molecule has 1 aliphatic rings. The van der Waals surface area contributed by atoms with Crippen molar-refractivity contribution in [1.29, 1.82) is 0 Å². The van der Waals surface area contributed by atoms with Crippen LogP contribution in [-0.4, -0.2) is 87.3 Å². The smallest absolute Gasteiger partial charge is 0.274 e. The number of aromatic nitrogens is 4. The van der Waals surface area contributed by atoms with E-state index in [1.54, 1.807) is 17.0 Å². The Labute approximate surface area is 260 Å². The van der Waals surface area contributed by atoms with Crippen molar-refractivity contribution >= 4 is 29.3 Å². The van der Waals surface area contributed by atoms with Crippen molar-refractivity contribution in [2.75, 3.05) is 38.0 Å². The van der Waals surface area contributed by atoms with Gasteiger partial charge in [0, 0.05) is 57.4 Å². The number of amides is 4. The van der Waals surface area contributed by atoms with Gasteiger partial charge >= 0.3 is 0 Å². The van der Waals surface area contributed by atoms with Crippen molar-refractivity contribution in [1.82, 2.24) is 40.8 Å². The highest BCUT2D eigenvalue weighted by molar-refractivity contribution is 5.97. The molecule has 0 saturated carbocycles. The Kier molecular flexibility index (Phi) is 10.4. The van der Waals surface area contributed by atoms with Crippen molar-refractivity contribution in [2.24, 2.45) is 0 Å². The standard InChI is InChI=1S/C32H35N9O4/c42-29-12-7-18-40(32(45)28-22-37-39-41(28)25-10-5-2-6-11-25)19-17-36-30(43)27(20-23-8-3-1-4-9-23)38-31(44)26-21-24(13-14-34-26)33-15-16-35-29/h1-6,8-11,13-14,21-22,27,33H,7,12,15-20H2,(H,35,42)(H,36,43)(H,38,44)/t27-/m0/s1. The predicted octanol–water partition coefficient (Wildman–Crippen LogP) is 1.58. The van der Waals surface area contributed by atoms with Crippen LogP contribution in [0.3, 0.4) is 0 Å². The molecule has 13 nitrogen and oxygen atoms in total. The maximum absolute atomic E-state index is 13.8. The van der Waals surface area contributed by atoms with Gasteiger partial charge in [0.25, 0.3) is 11.8 Å². The third kappa shape index (κ3) is 8.50. The van der Waals surface area contributed by atoms with Gasteiger partial charge in [-0.3, -0.25) is 24.2 Å². The largest absolute Gasteiger partial charge is 0.383 e. The van der Waals surface area contributed by atoms with Crippen molar-refractivity contribution in [3.05, 3.63) is 102 Å². The lowest BCUT2D eigenvalue weighted by molar-refractivity contribution is -0.123. The van der Waals surface area contributed by atoms with Gasteiger partial charge in [0.2, 0.25) is 11.8 Å². The molecule has 45 heavy (non-hydrogen) atoms. The van der Waals surface area contributed by atoms with Crippen molar-refractivity contribution in [3.63, 3.8) is 0 Å². The molecule has 0 spiro atoms. The fourth-order valence-corrected chi connectivity index (χ4v) is 4.94. The molecular weight excluding hydrogens is 574 g/mol. The highest BCUT2D eigenvalue weighted by Gasteiger charge is 2.25. The van der Waals surface area contributed by atoms with E-state index in [-0.39, 0.29) is 55.7 Å². The van der Waals surface area contributed by atoms with Gasteiger partial charge in [-0.1, -0.05) is 53.7 Å². The Morgan fingerprint density at radius 3 is 2.42 bits per heavy atom. The van der Waals surface area contributed by atoms with E-state index in [0.717, 1.165) is 5.56 Å². The molecular formula is C32H35N9O4. The average Bonchev–Trinajstić information content (AvgIpc) is 3.56. The van der Waals surface area contributed by atoms with Crippen LogP contribution in [0.5, 0.6) is 0 Å². The second kappa shape index (κ2) is 15.2. The van der Waals surface area contributed by atoms with Crippen molar-refractivity contribution in [3.8, 4) is 5.69 Å². The van der Waals surface area contributed by atoms with E-state index in [0.29, 0.717) is 30.9 Å². The Bertz CT molecular complexity index is 1610. The minimum atomic E-state index is -0.893. The number of pyridine rings is 1. The third-order valence-corrected chi connectivity index (χ3v) is 7.24. The molecule has 2 aromatic heterocycles. The summed E-state index contributed by atoms with van der Waals surface area (Å²) in [4.78, 5) is 58.7. The summed E-state index contributed by atoms with van der Waals surface area (Å²) in [6.45, 7) is 1.33. The summed E-state index contributed by atoms with van der Waals surface area (Å²) >= 11 is 0. The normalized spacial score (nSPS) is 17.0. The quantitative estimate of drug-likeness (QED) is 0.271. The Morgan fingerprint density at radius 2 is 1.62 bits per heavy atom. The van der Waals surface area contributed by atoms with E-state index in [9.17, 15) is 19.2 Å². The number of carbonyl (C=O) groups excluding carboxylic acids is 4. The van der Waals surface area contributed by atoms with Gasteiger partial charge in [-0.15, -0.1) is 5.10 Å². The number of carbonyl (C=O) groups is 4. The number of rotatable bonds is 4. The highest BCUT2D eigenvalue weighted by Crippen LogP contribution is 2.13. The zero-order valence-corrected chi connectivity index (χ0v) is 24.7. The van der Waals surface area contributed by atoms with Crippen molar-refractivity contribution < 1.29 is 19.2 Å². The lowest BCUT2D eigenvalue weighted by Gasteiger charge is -2.24. The lowest BCUT2D eigenvalue weighted by atomic mass is 10.0. The fraction of sp³-hybridized carbons (Fsp3) is 0.281. The molecule has 232 valence electrons. The third-order valence-electron chi connectivity index (χ3n) is 7.24. The van der Waals surface area contributed by atoms with Crippen LogP contribution in [0.2, 0.25) is 0 Å². The molecule has 0 unspecified atom stereocenters.